The summed E-state index contributed by atoms with van der Waals surface area (Å²) in [7, 11) is -1.68. The van der Waals surface area contributed by atoms with E-state index >= 15 is 0 Å². The molecular weight excluding hydrogens is 297 g/mol. The first-order valence-corrected chi connectivity index (χ1v) is 10.4. The van der Waals surface area contributed by atoms with E-state index < -0.39 is 19.3 Å². The van der Waals surface area contributed by atoms with Crippen molar-refractivity contribution in [2.75, 3.05) is 0 Å². The average molecular weight is 317 g/mol. The molecule has 1 aromatic carbocycles. The van der Waals surface area contributed by atoms with Gasteiger partial charge in [-0.1, -0.05) is 33.9 Å². The molecule has 0 aliphatic rings. The van der Waals surface area contributed by atoms with Crippen LogP contribution in [-0.4, -0.2) is 21.2 Å². The molecule has 0 saturated carbocycles. The third-order valence-corrected chi connectivity index (χ3v) is 10.2. The Morgan fingerprint density at radius 3 is 2.30 bits per heavy atom. The Labute approximate surface area is 146 Å². The molecule has 1 unspecified atom stereocenters. The minimum Gasteiger partial charge on any atom is -0.768 e. The van der Waals surface area contributed by atoms with Gasteiger partial charge >= 0.3 is 29.6 Å². The van der Waals surface area contributed by atoms with Crippen molar-refractivity contribution in [3.8, 4) is 0 Å². The van der Waals surface area contributed by atoms with Gasteiger partial charge in [0.05, 0.1) is 0 Å². The van der Waals surface area contributed by atoms with Crippen LogP contribution in [0.25, 0.3) is 10.9 Å². The van der Waals surface area contributed by atoms with Crippen LogP contribution in [0.1, 0.15) is 20.8 Å². The fourth-order valence-corrected chi connectivity index (χ4v) is 4.45. The van der Waals surface area contributed by atoms with Crippen LogP contribution in [0.4, 0.5) is 0 Å². The molecule has 0 aliphatic carbocycles. The second kappa shape index (κ2) is 6.06. The Morgan fingerprint density at radius 1 is 1.20 bits per heavy atom. The minimum absolute atomic E-state index is 0. The summed E-state index contributed by atoms with van der Waals surface area (Å²) in [5, 5.41) is 1.23. The van der Waals surface area contributed by atoms with Gasteiger partial charge in [-0.05, 0) is 52.0 Å². The molecule has 0 bridgehead atoms. The van der Waals surface area contributed by atoms with Gasteiger partial charge in [-0.2, -0.15) is 0 Å². The van der Waals surface area contributed by atoms with E-state index in [0.717, 1.165) is 10.9 Å². The van der Waals surface area contributed by atoms with Crippen molar-refractivity contribution in [2.45, 2.75) is 43.8 Å². The number of fused-ring (bicyclic) bond motifs is 1. The van der Waals surface area contributed by atoms with Crippen LogP contribution >= 0.6 is 0 Å². The van der Waals surface area contributed by atoms with Crippen LogP contribution in [0.2, 0.25) is 18.1 Å². The second-order valence-corrected chi connectivity index (χ2v) is 12.5. The van der Waals surface area contributed by atoms with Crippen molar-refractivity contribution in [1.29, 1.82) is 0 Å². The summed E-state index contributed by atoms with van der Waals surface area (Å²) < 4.78 is 24.4. The van der Waals surface area contributed by atoms with Crippen molar-refractivity contribution >= 4 is 30.2 Å². The van der Waals surface area contributed by atoms with Crippen LogP contribution in [0, 0.1) is 0 Å². The van der Waals surface area contributed by atoms with Crippen LogP contribution in [-0.2, 0) is 11.1 Å². The standard InChI is InChI=1S/C14H21NO2SSi.Na/c1-14(2,3)19(4,5)15-9-8-11-10-12(18(16)17)6-7-13(11)15;/h6-10H,1-5H3,(H,16,17);/q;+1/p-1. The average Bonchev–Trinajstić information content (AvgIpc) is 2.70. The van der Waals surface area contributed by atoms with E-state index in [-0.39, 0.29) is 34.6 Å². The van der Waals surface area contributed by atoms with Gasteiger partial charge in [-0.15, -0.1) is 0 Å². The van der Waals surface area contributed by atoms with Gasteiger partial charge in [0, 0.05) is 10.4 Å². The predicted molar refractivity (Wildman–Crippen MR) is 81.7 cm³/mol. The summed E-state index contributed by atoms with van der Waals surface area (Å²) in [6, 6.07) is 7.34. The molecule has 0 saturated heterocycles. The minimum atomic E-state index is -2.16. The summed E-state index contributed by atoms with van der Waals surface area (Å²) in [6.07, 6.45) is 2.10. The van der Waals surface area contributed by atoms with E-state index in [0.29, 0.717) is 4.90 Å². The van der Waals surface area contributed by atoms with Crippen molar-refractivity contribution in [2.24, 2.45) is 0 Å². The molecule has 0 amide bonds. The normalized spacial score (nSPS) is 14.1. The van der Waals surface area contributed by atoms with E-state index in [1.54, 1.807) is 12.1 Å². The molecule has 6 heteroatoms. The molecule has 0 radical (unpaired) electrons. The van der Waals surface area contributed by atoms with Crippen molar-refractivity contribution in [1.82, 2.24) is 4.23 Å². The number of hydrogen-bond acceptors (Lipinski definition) is 2. The summed E-state index contributed by atoms with van der Waals surface area (Å²) in [4.78, 5) is 0.348. The van der Waals surface area contributed by atoms with Gasteiger partial charge in [-0.3, -0.25) is 4.21 Å². The Kier molecular flexibility index (Phi) is 5.50. The maximum atomic E-state index is 11.0. The third-order valence-electron chi connectivity index (χ3n) is 4.29. The first kappa shape index (κ1) is 18.1. The number of rotatable bonds is 2. The number of benzene rings is 1. The molecule has 1 aromatic heterocycles. The summed E-state index contributed by atoms with van der Waals surface area (Å²) in [6.45, 7) is 11.5. The molecule has 20 heavy (non-hydrogen) atoms. The molecule has 0 aliphatic heterocycles. The predicted octanol–water partition coefficient (Wildman–Crippen LogP) is 0.737. The number of hydrogen-bond donors (Lipinski definition) is 0. The fraction of sp³-hybridized carbons (Fsp3) is 0.429. The molecule has 1 atom stereocenters. The summed E-state index contributed by atoms with van der Waals surface area (Å²) >= 11 is -2.16. The van der Waals surface area contributed by atoms with Crippen LogP contribution in [0.3, 0.4) is 0 Å². The molecule has 2 rings (SSSR count). The number of aromatic nitrogens is 1. The maximum absolute atomic E-state index is 11.0. The largest absolute Gasteiger partial charge is 1.00 e. The van der Waals surface area contributed by atoms with E-state index in [4.69, 9.17) is 0 Å². The quantitative estimate of drug-likeness (QED) is 0.606. The van der Waals surface area contributed by atoms with E-state index in [1.807, 2.05) is 12.1 Å². The Bertz CT molecular complexity index is 646. The van der Waals surface area contributed by atoms with Crippen LogP contribution in [0.15, 0.2) is 35.4 Å². The molecular formula is C14H20NNaO2SSi. The Hall–Kier alpha value is 0.0869. The van der Waals surface area contributed by atoms with Gasteiger partial charge < -0.3 is 8.79 Å². The van der Waals surface area contributed by atoms with E-state index in [2.05, 4.69) is 44.3 Å². The third kappa shape index (κ3) is 3.13. The van der Waals surface area contributed by atoms with Crippen molar-refractivity contribution in [3.05, 3.63) is 30.5 Å². The van der Waals surface area contributed by atoms with Gasteiger partial charge in [-0.25, -0.2) is 0 Å². The first-order chi connectivity index (χ1) is 8.64. The molecule has 2 aromatic rings. The zero-order valence-corrected chi connectivity index (χ0v) is 16.9. The van der Waals surface area contributed by atoms with E-state index in [9.17, 15) is 8.76 Å². The zero-order chi connectivity index (χ0) is 14.4. The molecule has 0 N–H and O–H groups in total. The summed E-state index contributed by atoms with van der Waals surface area (Å²) in [5.41, 5.74) is 1.13. The SMILES string of the molecule is CC(C)(C)[Si](C)(C)n1ccc2cc(S(=O)[O-])ccc21.[Na+]. The van der Waals surface area contributed by atoms with Crippen molar-refractivity contribution in [3.63, 3.8) is 0 Å². The monoisotopic (exact) mass is 317 g/mol. The van der Waals surface area contributed by atoms with E-state index in [1.165, 1.54) is 0 Å². The molecule has 104 valence electrons. The maximum Gasteiger partial charge on any atom is 1.00 e. The molecule has 3 nitrogen and oxygen atoms in total. The Balaban J connectivity index is 0.00000200. The first-order valence-electron chi connectivity index (χ1n) is 6.35. The van der Waals surface area contributed by atoms with Gasteiger partial charge in [0.2, 0.25) is 0 Å². The Morgan fingerprint density at radius 2 is 1.80 bits per heavy atom. The second-order valence-electron chi connectivity index (χ2n) is 6.45. The van der Waals surface area contributed by atoms with Crippen LogP contribution in [0.5, 0.6) is 0 Å². The zero-order valence-electron chi connectivity index (χ0n) is 13.1. The smallest absolute Gasteiger partial charge is 0.768 e. The molecule has 0 fully saturated rings. The van der Waals surface area contributed by atoms with Crippen LogP contribution < -0.4 is 29.6 Å². The number of nitrogens with zero attached hydrogens (tertiary/aromatic N) is 1. The summed E-state index contributed by atoms with van der Waals surface area (Å²) in [5.74, 6) is 0. The topological polar surface area (TPSA) is 45.1 Å². The fourth-order valence-electron chi connectivity index (χ4n) is 2.07. The molecule has 0 spiro atoms. The van der Waals surface area contributed by atoms with Crippen molar-refractivity contribution < 1.29 is 38.3 Å². The van der Waals surface area contributed by atoms with Gasteiger partial charge in [0.25, 0.3) is 0 Å². The van der Waals surface area contributed by atoms with Gasteiger partial charge in [0.1, 0.15) is 0 Å². The van der Waals surface area contributed by atoms with Gasteiger partial charge in [0.15, 0.2) is 8.24 Å². The molecule has 1 heterocycles.